The summed E-state index contributed by atoms with van der Waals surface area (Å²) in [6.45, 7) is 0. The lowest BCUT2D eigenvalue weighted by molar-refractivity contribution is 0.591. The summed E-state index contributed by atoms with van der Waals surface area (Å²) in [6.07, 6.45) is 0. The monoisotopic (exact) mass is 643 g/mol. The van der Waals surface area contributed by atoms with Crippen molar-refractivity contribution >= 4 is 67.9 Å². The molecule has 47 heavy (non-hydrogen) atoms. The van der Waals surface area contributed by atoms with E-state index < -0.39 is 14.3 Å². The van der Waals surface area contributed by atoms with E-state index in [0.717, 1.165) is 59.3 Å². The quantitative estimate of drug-likeness (QED) is 0.165. The van der Waals surface area contributed by atoms with Crippen molar-refractivity contribution in [1.82, 2.24) is 4.57 Å². The van der Waals surface area contributed by atoms with Crippen LogP contribution < -0.4 is 31.8 Å². The average molecular weight is 644 g/mol. The van der Waals surface area contributed by atoms with E-state index in [0.29, 0.717) is 0 Å². The van der Waals surface area contributed by atoms with Crippen molar-refractivity contribution in [2.24, 2.45) is 0 Å². The lowest BCUT2D eigenvalue weighted by Gasteiger charge is -2.21. The Balaban J connectivity index is 1.30. The maximum Gasteiger partial charge on any atom is 0.171 e. The van der Waals surface area contributed by atoms with Gasteiger partial charge in [0.1, 0.15) is 0 Å². The number of aromatic nitrogens is 1. The van der Waals surface area contributed by atoms with Gasteiger partial charge in [0.15, 0.2) is 14.3 Å². The van der Waals surface area contributed by atoms with Crippen LogP contribution in [0.15, 0.2) is 188 Å². The largest absolute Gasteiger partial charge is 0.309 e. The molecule has 3 nitrogen and oxygen atoms in total. The molecule has 0 saturated carbocycles. The van der Waals surface area contributed by atoms with Crippen molar-refractivity contribution in [1.29, 1.82) is 0 Å². The van der Waals surface area contributed by atoms with Crippen molar-refractivity contribution < 1.29 is 9.13 Å². The van der Waals surface area contributed by atoms with Crippen LogP contribution >= 0.6 is 14.3 Å². The van der Waals surface area contributed by atoms with E-state index >= 15 is 4.57 Å². The van der Waals surface area contributed by atoms with Crippen LogP contribution in [0.2, 0.25) is 0 Å². The Labute approximate surface area is 274 Å². The summed E-state index contributed by atoms with van der Waals surface area (Å²) < 4.78 is 32.4. The summed E-state index contributed by atoms with van der Waals surface area (Å²) in [5.41, 5.74) is 3.04. The van der Waals surface area contributed by atoms with E-state index in [1.54, 1.807) is 0 Å². The molecule has 226 valence electrons. The highest BCUT2D eigenvalue weighted by Crippen LogP contribution is 2.45. The maximum absolute atomic E-state index is 15.2. The number of fused-ring (bicyclic) bond motifs is 3. The van der Waals surface area contributed by atoms with Gasteiger partial charge in [0.25, 0.3) is 0 Å². The van der Waals surface area contributed by atoms with Crippen LogP contribution in [0.5, 0.6) is 0 Å². The van der Waals surface area contributed by atoms with Gasteiger partial charge in [0.05, 0.1) is 11.0 Å². The molecular weight excluding hydrogens is 612 g/mol. The maximum atomic E-state index is 15.2. The van der Waals surface area contributed by atoms with Crippen LogP contribution in [-0.4, -0.2) is 4.57 Å². The molecule has 0 aliphatic heterocycles. The molecule has 0 aliphatic carbocycles. The standard InChI is InChI=1S/C42H31NO2P2/c44-46(33-15-5-1-6-16-33,34-17-7-2-8-18-34)37-27-25-32(26-28-37)43-41-24-14-13-23-39(41)40-31-38(29-30-42(40)43)47(45,35-19-9-3-10-20-35)36-21-11-4-12-22-36/h1-31H. The van der Waals surface area contributed by atoms with Crippen LogP contribution in [0, 0.1) is 0 Å². The minimum atomic E-state index is -3.15. The van der Waals surface area contributed by atoms with Crippen molar-refractivity contribution in [3.05, 3.63) is 188 Å². The molecule has 8 aromatic rings. The van der Waals surface area contributed by atoms with E-state index in [-0.39, 0.29) is 0 Å². The van der Waals surface area contributed by atoms with Crippen LogP contribution in [0.1, 0.15) is 0 Å². The number of benzene rings is 7. The SMILES string of the molecule is O=P(c1ccccc1)(c1ccccc1)c1ccc(-n2c3ccccc3c3cc(P(=O)(c4ccccc4)c4ccccc4)ccc32)cc1. The molecule has 0 radical (unpaired) electrons. The molecular formula is C42H31NO2P2. The topological polar surface area (TPSA) is 39.1 Å². The van der Waals surface area contributed by atoms with Crippen molar-refractivity contribution in [3.63, 3.8) is 0 Å². The van der Waals surface area contributed by atoms with Gasteiger partial charge in [0, 0.05) is 48.3 Å². The summed E-state index contributed by atoms with van der Waals surface area (Å²) in [5.74, 6) is 0. The van der Waals surface area contributed by atoms with Crippen LogP contribution in [0.3, 0.4) is 0 Å². The first-order chi connectivity index (χ1) is 23.1. The van der Waals surface area contributed by atoms with Crippen molar-refractivity contribution in [2.45, 2.75) is 0 Å². The Morgan fingerprint density at radius 2 is 0.681 bits per heavy atom. The van der Waals surface area contributed by atoms with Gasteiger partial charge in [-0.25, -0.2) is 0 Å². The first kappa shape index (κ1) is 29.2. The highest BCUT2D eigenvalue weighted by Gasteiger charge is 2.31. The van der Waals surface area contributed by atoms with Gasteiger partial charge in [-0.3, -0.25) is 0 Å². The number of nitrogens with zero attached hydrogens (tertiary/aromatic N) is 1. The third kappa shape index (κ3) is 4.83. The Hall–Kier alpha value is -5.20. The van der Waals surface area contributed by atoms with Crippen LogP contribution in [0.25, 0.3) is 27.5 Å². The molecule has 0 N–H and O–H groups in total. The first-order valence-corrected chi connectivity index (χ1v) is 19.1. The van der Waals surface area contributed by atoms with Crippen molar-refractivity contribution in [3.8, 4) is 5.69 Å². The minimum Gasteiger partial charge on any atom is -0.309 e. The molecule has 1 aromatic heterocycles. The Bertz CT molecular complexity index is 2350. The van der Waals surface area contributed by atoms with Gasteiger partial charge in [0.2, 0.25) is 0 Å². The molecule has 0 amide bonds. The van der Waals surface area contributed by atoms with E-state index in [1.807, 2.05) is 152 Å². The zero-order chi connectivity index (χ0) is 31.8. The molecule has 0 bridgehead atoms. The first-order valence-electron chi connectivity index (χ1n) is 15.7. The van der Waals surface area contributed by atoms with Crippen LogP contribution in [0.4, 0.5) is 0 Å². The molecule has 0 fully saturated rings. The molecule has 8 rings (SSSR count). The lowest BCUT2D eigenvalue weighted by atomic mass is 10.1. The van der Waals surface area contributed by atoms with Crippen molar-refractivity contribution in [2.75, 3.05) is 0 Å². The predicted molar refractivity (Wildman–Crippen MR) is 200 cm³/mol. The highest BCUT2D eigenvalue weighted by atomic mass is 31.2. The Morgan fingerprint density at radius 1 is 0.319 bits per heavy atom. The molecule has 0 saturated heterocycles. The number of para-hydroxylation sites is 1. The average Bonchev–Trinajstić information content (AvgIpc) is 3.49. The fraction of sp³-hybridized carbons (Fsp3) is 0. The van der Waals surface area contributed by atoms with Crippen LogP contribution in [-0.2, 0) is 9.13 Å². The van der Waals surface area contributed by atoms with Gasteiger partial charge < -0.3 is 13.7 Å². The third-order valence-corrected chi connectivity index (χ3v) is 15.1. The van der Waals surface area contributed by atoms with E-state index in [9.17, 15) is 4.57 Å². The number of rotatable bonds is 7. The van der Waals surface area contributed by atoms with E-state index in [1.165, 1.54) is 0 Å². The van der Waals surface area contributed by atoms with E-state index in [2.05, 4.69) is 41.0 Å². The predicted octanol–water partition coefficient (Wildman–Crippen LogP) is 8.06. The summed E-state index contributed by atoms with van der Waals surface area (Å²) >= 11 is 0. The van der Waals surface area contributed by atoms with Gasteiger partial charge in [-0.1, -0.05) is 140 Å². The second kappa shape index (κ2) is 11.9. The van der Waals surface area contributed by atoms with E-state index in [4.69, 9.17) is 0 Å². The Kier molecular flexibility index (Phi) is 7.38. The second-order valence-electron chi connectivity index (χ2n) is 11.6. The number of hydrogen-bond donors (Lipinski definition) is 0. The van der Waals surface area contributed by atoms with Gasteiger partial charge >= 0.3 is 0 Å². The lowest BCUT2D eigenvalue weighted by Crippen LogP contribution is -2.25. The molecule has 0 atom stereocenters. The fourth-order valence-electron chi connectivity index (χ4n) is 6.69. The highest BCUT2D eigenvalue weighted by molar-refractivity contribution is 7.85. The normalized spacial score (nSPS) is 12.0. The van der Waals surface area contributed by atoms with Gasteiger partial charge in [-0.15, -0.1) is 0 Å². The molecule has 1 heterocycles. The summed E-state index contributed by atoms with van der Waals surface area (Å²) in [5, 5.41) is 6.95. The zero-order valence-corrected chi connectivity index (χ0v) is 27.3. The summed E-state index contributed by atoms with van der Waals surface area (Å²) in [7, 11) is -6.24. The Morgan fingerprint density at radius 3 is 1.17 bits per heavy atom. The third-order valence-electron chi connectivity index (χ3n) is 8.97. The minimum absolute atomic E-state index is 0.786. The second-order valence-corrected chi connectivity index (χ2v) is 17.2. The molecule has 0 aliphatic rings. The summed E-state index contributed by atoms with van der Waals surface area (Å²) in [6, 6.07) is 61.8. The summed E-state index contributed by atoms with van der Waals surface area (Å²) in [4.78, 5) is 0. The molecule has 0 spiro atoms. The fourth-order valence-corrected chi connectivity index (χ4v) is 12.0. The molecule has 7 aromatic carbocycles. The zero-order valence-electron chi connectivity index (χ0n) is 25.6. The van der Waals surface area contributed by atoms with Gasteiger partial charge in [-0.2, -0.15) is 0 Å². The number of hydrogen-bond acceptors (Lipinski definition) is 2. The molecule has 0 unspecified atom stereocenters. The van der Waals surface area contributed by atoms with Gasteiger partial charge in [-0.05, 0) is 48.5 Å². The molecule has 5 heteroatoms. The smallest absolute Gasteiger partial charge is 0.171 e.